The molecule has 0 saturated heterocycles. The molecule has 0 fully saturated rings. The molecule has 3 aromatic rings. The van der Waals surface area contributed by atoms with Gasteiger partial charge in [0, 0.05) is 16.6 Å². The van der Waals surface area contributed by atoms with Crippen LogP contribution in [0.4, 0.5) is 11.4 Å². The average Bonchev–Trinajstić information content (AvgIpc) is 3.25. The van der Waals surface area contributed by atoms with Gasteiger partial charge in [-0.3, -0.25) is 4.72 Å². The van der Waals surface area contributed by atoms with E-state index < -0.39 is 10.0 Å². The molecule has 0 amide bonds. The molecule has 0 aromatic heterocycles. The lowest BCUT2D eigenvalue weighted by molar-refractivity contribution is 0.425. The van der Waals surface area contributed by atoms with Gasteiger partial charge in [-0.25, -0.2) is 8.42 Å². The number of halogens is 2. The zero-order valence-corrected chi connectivity index (χ0v) is 18.8. The Morgan fingerprint density at radius 1 is 0.968 bits per heavy atom. The van der Waals surface area contributed by atoms with Crippen LogP contribution in [0.15, 0.2) is 83.8 Å². The van der Waals surface area contributed by atoms with Gasteiger partial charge in [0.15, 0.2) is 0 Å². The maximum Gasteiger partial charge on any atom is 0.261 e. The van der Waals surface area contributed by atoms with Gasteiger partial charge < -0.3 is 5.32 Å². The molecule has 2 aliphatic rings. The van der Waals surface area contributed by atoms with Crippen molar-refractivity contribution in [2.75, 3.05) is 10.0 Å². The highest BCUT2D eigenvalue weighted by atomic mass is 35.5. The first-order chi connectivity index (χ1) is 14.9. The molecule has 1 aliphatic heterocycles. The molecule has 0 radical (unpaired) electrons. The Kier molecular flexibility index (Phi) is 5.21. The summed E-state index contributed by atoms with van der Waals surface area (Å²) in [5.74, 6) is 0.454. The van der Waals surface area contributed by atoms with Gasteiger partial charge in [-0.1, -0.05) is 59.6 Å². The van der Waals surface area contributed by atoms with Gasteiger partial charge in [-0.05, 0) is 65.9 Å². The molecule has 3 atom stereocenters. The number of anilines is 2. The smallest absolute Gasteiger partial charge is 0.261 e. The summed E-state index contributed by atoms with van der Waals surface area (Å²) in [7, 11) is -3.77. The first-order valence-corrected chi connectivity index (χ1v) is 12.3. The second-order valence-electron chi connectivity index (χ2n) is 7.86. The molecule has 0 bridgehead atoms. The third-order valence-corrected chi connectivity index (χ3v) is 7.94. The first-order valence-electron chi connectivity index (χ1n) is 10.0. The summed E-state index contributed by atoms with van der Waals surface area (Å²) >= 11 is 12.2. The number of rotatable bonds is 4. The Balaban J connectivity index is 1.50. The SMILES string of the molecule is O=S(=O)(Nc1ccccc1Cl)c1ccc2c(c1)[C@H]1C=CC[C@H]1[C@@H](c1ccc(Cl)cc1)N2. The first kappa shape index (κ1) is 20.4. The van der Waals surface area contributed by atoms with E-state index in [0.717, 1.165) is 17.7 Å². The normalized spacial score (nSPS) is 21.8. The van der Waals surface area contributed by atoms with Crippen LogP contribution in [0.25, 0.3) is 0 Å². The monoisotopic (exact) mass is 470 g/mol. The molecular formula is C24H20Cl2N2O2S. The highest BCUT2D eigenvalue weighted by Crippen LogP contribution is 2.50. The van der Waals surface area contributed by atoms with E-state index in [1.165, 1.54) is 5.56 Å². The standard InChI is InChI=1S/C24H20Cl2N2O2S/c25-16-10-8-15(9-11-16)24-19-5-3-4-18(19)20-14-17(12-13-22(20)27-24)31(29,30)28-23-7-2-1-6-21(23)26/h1-4,6-14,18-19,24,27-28H,5H2/t18-,19+,24+/m0/s1. The van der Waals surface area contributed by atoms with Gasteiger partial charge in [-0.15, -0.1) is 0 Å². The largest absolute Gasteiger partial charge is 0.378 e. The summed E-state index contributed by atoms with van der Waals surface area (Å²) in [5, 5.41) is 4.69. The number of para-hydroxylation sites is 1. The maximum atomic E-state index is 13.0. The molecule has 2 N–H and O–H groups in total. The lowest BCUT2D eigenvalue weighted by atomic mass is 9.77. The summed E-state index contributed by atoms with van der Waals surface area (Å²) in [6.07, 6.45) is 5.29. The Morgan fingerprint density at radius 2 is 1.74 bits per heavy atom. The van der Waals surface area contributed by atoms with Crippen LogP contribution in [0.3, 0.4) is 0 Å². The van der Waals surface area contributed by atoms with Crippen LogP contribution >= 0.6 is 23.2 Å². The fraction of sp³-hybridized carbons (Fsp3) is 0.167. The molecule has 1 aliphatic carbocycles. The molecule has 31 heavy (non-hydrogen) atoms. The zero-order chi connectivity index (χ0) is 21.6. The van der Waals surface area contributed by atoms with Crippen LogP contribution < -0.4 is 10.0 Å². The van der Waals surface area contributed by atoms with Crippen LogP contribution in [-0.4, -0.2) is 8.42 Å². The molecule has 5 rings (SSSR count). The highest BCUT2D eigenvalue weighted by Gasteiger charge is 2.38. The van der Waals surface area contributed by atoms with E-state index in [2.05, 4.69) is 22.2 Å². The van der Waals surface area contributed by atoms with Crippen LogP contribution in [-0.2, 0) is 10.0 Å². The summed E-state index contributed by atoms with van der Waals surface area (Å²) in [5.41, 5.74) is 3.47. The van der Waals surface area contributed by atoms with Crippen molar-refractivity contribution in [3.05, 3.63) is 100 Å². The van der Waals surface area contributed by atoms with Gasteiger partial charge in [0.25, 0.3) is 10.0 Å². The summed E-state index contributed by atoms with van der Waals surface area (Å²) in [6.45, 7) is 0. The zero-order valence-electron chi connectivity index (χ0n) is 16.4. The molecule has 4 nitrogen and oxygen atoms in total. The molecule has 7 heteroatoms. The van der Waals surface area contributed by atoms with Crippen molar-refractivity contribution in [2.45, 2.75) is 23.3 Å². The predicted molar refractivity (Wildman–Crippen MR) is 127 cm³/mol. The number of fused-ring (bicyclic) bond motifs is 3. The third kappa shape index (κ3) is 3.82. The number of nitrogens with one attached hydrogen (secondary N) is 2. The highest BCUT2D eigenvalue weighted by molar-refractivity contribution is 7.92. The van der Waals surface area contributed by atoms with E-state index in [0.29, 0.717) is 21.7 Å². The fourth-order valence-corrected chi connectivity index (χ4v) is 5.97. The second kappa shape index (κ2) is 7.90. The Labute approximate surface area is 192 Å². The van der Waals surface area contributed by atoms with Crippen molar-refractivity contribution >= 4 is 44.6 Å². The Bertz CT molecular complexity index is 1270. The molecule has 0 spiro atoms. The minimum absolute atomic E-state index is 0.133. The fourth-order valence-electron chi connectivity index (χ4n) is 4.49. The summed E-state index contributed by atoms with van der Waals surface area (Å²) in [4.78, 5) is 0.219. The van der Waals surface area contributed by atoms with E-state index >= 15 is 0 Å². The minimum Gasteiger partial charge on any atom is -0.378 e. The summed E-state index contributed by atoms with van der Waals surface area (Å²) < 4.78 is 28.7. The van der Waals surface area contributed by atoms with Gasteiger partial charge in [0.05, 0.1) is 21.6 Å². The van der Waals surface area contributed by atoms with Crippen molar-refractivity contribution in [1.82, 2.24) is 0 Å². The predicted octanol–water partition coefficient (Wildman–Crippen LogP) is 6.62. The van der Waals surface area contributed by atoms with Crippen molar-refractivity contribution in [1.29, 1.82) is 0 Å². The van der Waals surface area contributed by atoms with Crippen LogP contribution in [0, 0.1) is 5.92 Å². The number of benzene rings is 3. The Hall–Kier alpha value is -2.47. The van der Waals surface area contributed by atoms with E-state index in [-0.39, 0.29) is 16.9 Å². The number of sulfonamides is 1. The molecular weight excluding hydrogens is 451 g/mol. The molecule has 1 heterocycles. The van der Waals surface area contributed by atoms with Crippen molar-refractivity contribution in [2.24, 2.45) is 5.92 Å². The Morgan fingerprint density at radius 3 is 2.52 bits per heavy atom. The third-order valence-electron chi connectivity index (χ3n) is 5.99. The molecule has 3 aromatic carbocycles. The van der Waals surface area contributed by atoms with Gasteiger partial charge >= 0.3 is 0 Å². The van der Waals surface area contributed by atoms with Crippen LogP contribution in [0.5, 0.6) is 0 Å². The van der Waals surface area contributed by atoms with Crippen LogP contribution in [0.1, 0.15) is 29.5 Å². The van der Waals surface area contributed by atoms with Crippen molar-refractivity contribution < 1.29 is 8.42 Å². The number of hydrogen-bond acceptors (Lipinski definition) is 3. The molecule has 0 unspecified atom stereocenters. The lowest BCUT2D eigenvalue weighted by Crippen LogP contribution is -2.29. The molecule has 0 saturated carbocycles. The van der Waals surface area contributed by atoms with Crippen molar-refractivity contribution in [3.8, 4) is 0 Å². The molecule has 158 valence electrons. The number of hydrogen-bond donors (Lipinski definition) is 2. The number of allylic oxidation sites excluding steroid dienone is 2. The van der Waals surface area contributed by atoms with Gasteiger partial charge in [0.1, 0.15) is 0 Å². The quantitative estimate of drug-likeness (QED) is 0.421. The van der Waals surface area contributed by atoms with E-state index in [9.17, 15) is 8.42 Å². The van der Waals surface area contributed by atoms with Gasteiger partial charge in [0.2, 0.25) is 0 Å². The summed E-state index contributed by atoms with van der Waals surface area (Å²) in [6, 6.07) is 20.1. The van der Waals surface area contributed by atoms with E-state index in [1.54, 1.807) is 36.4 Å². The van der Waals surface area contributed by atoms with Crippen LogP contribution in [0.2, 0.25) is 10.0 Å². The van der Waals surface area contributed by atoms with Gasteiger partial charge in [-0.2, -0.15) is 0 Å². The maximum absolute atomic E-state index is 13.0. The minimum atomic E-state index is -3.77. The van der Waals surface area contributed by atoms with Crippen molar-refractivity contribution in [3.63, 3.8) is 0 Å². The topological polar surface area (TPSA) is 58.2 Å². The average molecular weight is 471 g/mol. The lowest BCUT2D eigenvalue weighted by Gasteiger charge is -2.37. The second-order valence-corrected chi connectivity index (χ2v) is 10.4. The van der Waals surface area contributed by atoms with E-state index in [1.807, 2.05) is 30.3 Å². The van der Waals surface area contributed by atoms with E-state index in [4.69, 9.17) is 23.2 Å².